The zero-order chi connectivity index (χ0) is 25.4. The molecule has 1 saturated heterocycles. The van der Waals surface area contributed by atoms with Crippen LogP contribution >= 0.6 is 23.2 Å². The highest BCUT2D eigenvalue weighted by Gasteiger charge is 2.70. The number of halogens is 4. The Bertz CT molecular complexity index is 1170. The van der Waals surface area contributed by atoms with Crippen LogP contribution in [0.4, 0.5) is 8.78 Å². The predicted octanol–water partition coefficient (Wildman–Crippen LogP) is 5.22. The van der Waals surface area contributed by atoms with Crippen molar-refractivity contribution >= 4 is 29.2 Å². The molecular weight excluding hydrogens is 497 g/mol. The van der Waals surface area contributed by atoms with Crippen molar-refractivity contribution in [3.05, 3.63) is 69.2 Å². The van der Waals surface area contributed by atoms with Gasteiger partial charge in [0.2, 0.25) is 0 Å². The van der Waals surface area contributed by atoms with Crippen LogP contribution in [0.5, 0.6) is 0 Å². The number of aliphatic carboxylic acids is 1. The first-order valence-electron chi connectivity index (χ1n) is 11.6. The van der Waals surface area contributed by atoms with Crippen LogP contribution in [0.25, 0.3) is 0 Å². The first kappa shape index (κ1) is 25.8. The van der Waals surface area contributed by atoms with E-state index >= 15 is 8.78 Å². The van der Waals surface area contributed by atoms with Crippen LogP contribution in [0.15, 0.2) is 36.4 Å². The van der Waals surface area contributed by atoms with E-state index in [9.17, 15) is 20.3 Å². The van der Waals surface area contributed by atoms with E-state index < -0.39 is 47.0 Å². The van der Waals surface area contributed by atoms with Gasteiger partial charge >= 0.3 is 5.97 Å². The minimum atomic E-state index is -1.89. The molecule has 2 fully saturated rings. The molecule has 5 nitrogen and oxygen atoms in total. The molecule has 0 spiro atoms. The summed E-state index contributed by atoms with van der Waals surface area (Å²) >= 11 is 12.2. The molecule has 2 aromatic rings. The Morgan fingerprint density at radius 2 is 1.89 bits per heavy atom. The summed E-state index contributed by atoms with van der Waals surface area (Å²) in [5.41, 5.74) is -3.99. The van der Waals surface area contributed by atoms with Crippen molar-refractivity contribution in [3.8, 4) is 6.07 Å². The van der Waals surface area contributed by atoms with Gasteiger partial charge in [0.25, 0.3) is 0 Å². The average molecular weight is 523 g/mol. The van der Waals surface area contributed by atoms with Gasteiger partial charge in [-0.05, 0) is 30.0 Å². The second kappa shape index (κ2) is 10.0. The van der Waals surface area contributed by atoms with E-state index in [1.807, 2.05) is 0 Å². The maximum absolute atomic E-state index is 15.9. The number of carboxylic acid groups (broad SMARTS) is 1. The summed E-state index contributed by atoms with van der Waals surface area (Å²) < 4.78 is 31.4. The normalized spacial score (nSPS) is 27.9. The van der Waals surface area contributed by atoms with E-state index in [2.05, 4.69) is 11.4 Å². The molecule has 1 unspecified atom stereocenters. The highest BCUT2D eigenvalue weighted by molar-refractivity contribution is 6.31. The van der Waals surface area contributed by atoms with Crippen molar-refractivity contribution in [1.82, 2.24) is 5.32 Å². The van der Waals surface area contributed by atoms with Crippen LogP contribution in [-0.4, -0.2) is 35.4 Å². The van der Waals surface area contributed by atoms with E-state index in [0.29, 0.717) is 12.8 Å². The lowest BCUT2D eigenvalue weighted by molar-refractivity contribution is -0.142. The zero-order valence-corrected chi connectivity index (χ0v) is 20.4. The second-order valence-corrected chi connectivity index (χ2v) is 10.3. The molecule has 186 valence electrons. The van der Waals surface area contributed by atoms with Crippen LogP contribution in [0.3, 0.4) is 0 Å². The maximum Gasteiger partial charge on any atom is 0.321 e. The first-order valence-corrected chi connectivity index (χ1v) is 12.4. The lowest BCUT2D eigenvalue weighted by Crippen LogP contribution is -2.62. The van der Waals surface area contributed by atoms with Gasteiger partial charge in [0.15, 0.2) is 0 Å². The van der Waals surface area contributed by atoms with Crippen LogP contribution in [0.1, 0.15) is 43.2 Å². The third-order valence-electron chi connectivity index (χ3n) is 7.96. The van der Waals surface area contributed by atoms with E-state index in [4.69, 9.17) is 23.2 Å². The summed E-state index contributed by atoms with van der Waals surface area (Å²) in [5.74, 6) is -4.10. The maximum atomic E-state index is 15.9. The quantitative estimate of drug-likeness (QED) is 0.483. The number of rotatable bonds is 6. The summed E-state index contributed by atoms with van der Waals surface area (Å²) in [5, 5.41) is 34.7. The number of carbonyl (C=O) groups is 1. The van der Waals surface area contributed by atoms with Crippen molar-refractivity contribution in [1.29, 1.82) is 5.26 Å². The second-order valence-electron chi connectivity index (χ2n) is 9.45. The van der Waals surface area contributed by atoms with Crippen molar-refractivity contribution in [3.63, 3.8) is 0 Å². The molecule has 1 aliphatic carbocycles. The lowest BCUT2D eigenvalue weighted by atomic mass is 9.48. The standard InChI is InChI=1S/C26H26Cl2F2N2O3/c27-16-9-10-17(21(29)11-16)25(13-31)14-32-23(24(34)35)26(25,18-7-4-8-20(28)22(18)30)19(12-33)15-5-2-1-3-6-15/h4,7-11,15,19,23,32-33H,1-3,5-6,12,14H2,(H,34,35)/t19?,23-,25+,26+/m0/s1. The number of nitrogens with one attached hydrogen (secondary N) is 1. The van der Waals surface area contributed by atoms with Gasteiger partial charge in [-0.15, -0.1) is 0 Å². The van der Waals surface area contributed by atoms with Gasteiger partial charge in [0.05, 0.1) is 16.5 Å². The topological polar surface area (TPSA) is 93.4 Å². The zero-order valence-electron chi connectivity index (χ0n) is 18.9. The van der Waals surface area contributed by atoms with E-state index in [1.165, 1.54) is 30.3 Å². The molecule has 3 N–H and O–H groups in total. The SMILES string of the molecule is N#C[C@]1(c2ccc(Cl)cc2F)CN[C@@H](C(=O)O)[C@@]1(c1cccc(Cl)c1F)C(CO)C1CCCCC1. The van der Waals surface area contributed by atoms with Crippen molar-refractivity contribution < 1.29 is 23.8 Å². The number of aliphatic hydroxyl groups excluding tert-OH is 1. The highest BCUT2D eigenvalue weighted by atomic mass is 35.5. The Hall–Kier alpha value is -2.24. The number of aliphatic hydroxyl groups is 1. The molecule has 0 bridgehead atoms. The van der Waals surface area contributed by atoms with E-state index in [-0.39, 0.29) is 33.6 Å². The van der Waals surface area contributed by atoms with E-state index in [0.717, 1.165) is 25.3 Å². The molecule has 1 aliphatic heterocycles. The molecule has 35 heavy (non-hydrogen) atoms. The van der Waals surface area contributed by atoms with Crippen LogP contribution in [0, 0.1) is 34.8 Å². The molecule has 1 saturated carbocycles. The number of nitrogens with zero attached hydrogens (tertiary/aromatic N) is 1. The fraction of sp³-hybridized carbons (Fsp3) is 0.462. The average Bonchev–Trinajstić information content (AvgIpc) is 3.18. The molecule has 0 amide bonds. The minimum Gasteiger partial charge on any atom is -0.480 e. The van der Waals surface area contributed by atoms with Crippen LogP contribution < -0.4 is 5.32 Å². The summed E-state index contributed by atoms with van der Waals surface area (Å²) in [4.78, 5) is 12.7. The summed E-state index contributed by atoms with van der Waals surface area (Å²) in [6, 6.07) is 8.73. The Labute approximate surface area is 212 Å². The van der Waals surface area contributed by atoms with Gasteiger partial charge in [-0.3, -0.25) is 4.79 Å². The van der Waals surface area contributed by atoms with Crippen LogP contribution in [-0.2, 0) is 15.6 Å². The number of nitriles is 1. The molecule has 0 aromatic heterocycles. The van der Waals surface area contributed by atoms with Gasteiger partial charge in [-0.2, -0.15) is 5.26 Å². The van der Waals surface area contributed by atoms with Crippen LogP contribution in [0.2, 0.25) is 10.0 Å². The van der Waals surface area contributed by atoms with Gasteiger partial charge in [0, 0.05) is 29.3 Å². The van der Waals surface area contributed by atoms with Crippen molar-refractivity contribution in [2.45, 2.75) is 49.0 Å². The molecule has 9 heteroatoms. The molecule has 2 aliphatic rings. The van der Waals surface area contributed by atoms with Crippen molar-refractivity contribution in [2.75, 3.05) is 13.2 Å². The third kappa shape index (κ3) is 3.92. The fourth-order valence-corrected chi connectivity index (χ4v) is 6.91. The van der Waals surface area contributed by atoms with Gasteiger partial charge in [-0.1, -0.05) is 73.5 Å². The Balaban J connectivity index is 2.15. The molecular formula is C26H26Cl2F2N2O3. The number of benzene rings is 2. The molecule has 4 atom stereocenters. The smallest absolute Gasteiger partial charge is 0.321 e. The number of carboxylic acids is 1. The molecule has 4 rings (SSSR count). The summed E-state index contributed by atoms with van der Waals surface area (Å²) in [6.07, 6.45) is 4.05. The third-order valence-corrected chi connectivity index (χ3v) is 8.49. The summed E-state index contributed by atoms with van der Waals surface area (Å²) in [6.45, 7) is -0.783. The summed E-state index contributed by atoms with van der Waals surface area (Å²) in [7, 11) is 0. The van der Waals surface area contributed by atoms with Gasteiger partial charge in [-0.25, -0.2) is 8.78 Å². The number of hydrogen-bond donors (Lipinski definition) is 3. The number of hydrogen-bond acceptors (Lipinski definition) is 4. The van der Waals surface area contributed by atoms with Gasteiger partial charge in [0.1, 0.15) is 23.1 Å². The Morgan fingerprint density at radius 1 is 1.17 bits per heavy atom. The monoisotopic (exact) mass is 522 g/mol. The minimum absolute atomic E-state index is 0.102. The highest BCUT2D eigenvalue weighted by Crippen LogP contribution is 2.59. The molecule has 2 aromatic carbocycles. The predicted molar refractivity (Wildman–Crippen MR) is 128 cm³/mol. The Morgan fingerprint density at radius 3 is 2.49 bits per heavy atom. The fourth-order valence-electron chi connectivity index (χ4n) is 6.58. The molecule has 1 heterocycles. The lowest BCUT2D eigenvalue weighted by Gasteiger charge is -2.51. The van der Waals surface area contributed by atoms with Gasteiger partial charge < -0.3 is 15.5 Å². The first-order chi connectivity index (χ1) is 16.7. The molecule has 0 radical (unpaired) electrons. The Kier molecular flexibility index (Phi) is 7.40. The van der Waals surface area contributed by atoms with Crippen molar-refractivity contribution in [2.24, 2.45) is 11.8 Å². The van der Waals surface area contributed by atoms with E-state index in [1.54, 1.807) is 0 Å². The largest absolute Gasteiger partial charge is 0.480 e.